The summed E-state index contributed by atoms with van der Waals surface area (Å²) >= 11 is 0. The molecule has 0 saturated carbocycles. The lowest BCUT2D eigenvalue weighted by molar-refractivity contribution is -0.143. The molecule has 0 fully saturated rings. The zero-order valence-electron chi connectivity index (χ0n) is 14.8. The molecule has 2 aromatic carbocycles. The van der Waals surface area contributed by atoms with E-state index in [-0.39, 0.29) is 18.7 Å². The highest BCUT2D eigenvalue weighted by molar-refractivity contribution is 5.98. The summed E-state index contributed by atoms with van der Waals surface area (Å²) in [6.45, 7) is 0.852. The van der Waals surface area contributed by atoms with Gasteiger partial charge in [-0.3, -0.25) is 19.2 Å². The van der Waals surface area contributed by atoms with Gasteiger partial charge in [0.2, 0.25) is 5.91 Å². The van der Waals surface area contributed by atoms with E-state index in [4.69, 9.17) is 9.47 Å². The predicted molar refractivity (Wildman–Crippen MR) is 97.3 cm³/mol. The average Bonchev–Trinajstić information content (AvgIpc) is 2.65. The first-order valence-corrected chi connectivity index (χ1v) is 8.26. The molecule has 2 aromatic rings. The maximum Gasteiger partial charge on any atom is 0.308 e. The van der Waals surface area contributed by atoms with Crippen molar-refractivity contribution in [3.8, 4) is 5.75 Å². The Labute approximate surface area is 156 Å². The SMILES string of the molecule is CC(=O)Oc1ccc(C(=O)COC(=O)CCC(=O)Nc2ccccc2)cc1. The molecular weight excluding hydrogens is 350 g/mol. The third kappa shape index (κ3) is 7.11. The molecule has 2 rings (SSSR count). The zero-order chi connectivity index (χ0) is 19.6. The van der Waals surface area contributed by atoms with Crippen LogP contribution in [-0.2, 0) is 19.1 Å². The molecule has 1 N–H and O–H groups in total. The van der Waals surface area contributed by atoms with Crippen molar-refractivity contribution in [3.05, 3.63) is 60.2 Å². The normalized spacial score (nSPS) is 9.96. The van der Waals surface area contributed by atoms with Gasteiger partial charge in [0.15, 0.2) is 12.4 Å². The van der Waals surface area contributed by atoms with Crippen LogP contribution in [0.4, 0.5) is 5.69 Å². The highest BCUT2D eigenvalue weighted by Gasteiger charge is 2.12. The van der Waals surface area contributed by atoms with Crippen LogP contribution in [-0.4, -0.2) is 30.2 Å². The van der Waals surface area contributed by atoms with Crippen molar-refractivity contribution >= 4 is 29.3 Å². The Morgan fingerprint density at radius 1 is 0.889 bits per heavy atom. The second-order valence-electron chi connectivity index (χ2n) is 5.62. The lowest BCUT2D eigenvalue weighted by atomic mass is 10.1. The minimum Gasteiger partial charge on any atom is -0.457 e. The fourth-order valence-electron chi connectivity index (χ4n) is 2.14. The summed E-state index contributed by atoms with van der Waals surface area (Å²) < 4.78 is 9.77. The summed E-state index contributed by atoms with van der Waals surface area (Å²) in [5.41, 5.74) is 0.962. The van der Waals surface area contributed by atoms with Crippen molar-refractivity contribution < 1.29 is 28.7 Å². The van der Waals surface area contributed by atoms with Gasteiger partial charge >= 0.3 is 11.9 Å². The fourth-order valence-corrected chi connectivity index (χ4v) is 2.14. The van der Waals surface area contributed by atoms with Crippen LogP contribution in [0.3, 0.4) is 0 Å². The standard InChI is InChI=1S/C20H19NO6/c1-14(22)27-17-9-7-15(8-10-17)18(23)13-26-20(25)12-11-19(24)21-16-5-3-2-4-6-16/h2-10H,11-13H2,1H3,(H,21,24). The van der Waals surface area contributed by atoms with E-state index < -0.39 is 24.3 Å². The number of carbonyl (C=O) groups excluding carboxylic acids is 4. The van der Waals surface area contributed by atoms with Crippen LogP contribution in [0, 0.1) is 0 Å². The smallest absolute Gasteiger partial charge is 0.308 e. The lowest BCUT2D eigenvalue weighted by Crippen LogP contribution is -2.17. The van der Waals surface area contributed by atoms with Crippen molar-refractivity contribution in [2.45, 2.75) is 19.8 Å². The number of anilines is 1. The van der Waals surface area contributed by atoms with Crippen LogP contribution in [0.2, 0.25) is 0 Å². The monoisotopic (exact) mass is 369 g/mol. The van der Waals surface area contributed by atoms with Gasteiger partial charge in [0.1, 0.15) is 5.75 Å². The maximum atomic E-state index is 12.0. The molecule has 0 radical (unpaired) electrons. The van der Waals surface area contributed by atoms with E-state index in [0.717, 1.165) is 0 Å². The molecule has 0 unspecified atom stereocenters. The molecule has 0 bridgehead atoms. The maximum absolute atomic E-state index is 12.0. The van der Waals surface area contributed by atoms with E-state index in [9.17, 15) is 19.2 Å². The minimum absolute atomic E-state index is 0.0427. The second-order valence-corrected chi connectivity index (χ2v) is 5.62. The van der Waals surface area contributed by atoms with Gasteiger partial charge in [0.05, 0.1) is 6.42 Å². The highest BCUT2D eigenvalue weighted by Crippen LogP contribution is 2.13. The Morgan fingerprint density at radius 3 is 2.19 bits per heavy atom. The molecule has 0 aliphatic rings. The van der Waals surface area contributed by atoms with Crippen LogP contribution in [0.5, 0.6) is 5.75 Å². The van der Waals surface area contributed by atoms with Crippen molar-refractivity contribution in [2.75, 3.05) is 11.9 Å². The molecule has 0 aliphatic heterocycles. The third-order valence-corrected chi connectivity index (χ3v) is 3.42. The third-order valence-electron chi connectivity index (χ3n) is 3.42. The van der Waals surface area contributed by atoms with Gasteiger partial charge in [0, 0.05) is 24.6 Å². The predicted octanol–water partition coefficient (Wildman–Crippen LogP) is 2.76. The molecule has 0 heterocycles. The molecule has 140 valence electrons. The van der Waals surface area contributed by atoms with Gasteiger partial charge in [-0.1, -0.05) is 18.2 Å². The average molecular weight is 369 g/mol. The van der Waals surface area contributed by atoms with Gasteiger partial charge in [-0.15, -0.1) is 0 Å². The number of nitrogens with one attached hydrogen (secondary N) is 1. The van der Waals surface area contributed by atoms with E-state index in [1.807, 2.05) is 6.07 Å². The second kappa shape index (κ2) is 9.86. The van der Waals surface area contributed by atoms with Gasteiger partial charge in [0.25, 0.3) is 0 Å². The number of ether oxygens (including phenoxy) is 2. The van der Waals surface area contributed by atoms with Crippen LogP contribution in [0.15, 0.2) is 54.6 Å². The number of hydrogen-bond donors (Lipinski definition) is 1. The quantitative estimate of drug-likeness (QED) is 0.436. The zero-order valence-corrected chi connectivity index (χ0v) is 14.8. The summed E-state index contributed by atoms with van der Waals surface area (Å²) in [4.78, 5) is 46.3. The Kier molecular flexibility index (Phi) is 7.25. The summed E-state index contributed by atoms with van der Waals surface area (Å²) in [5.74, 6) is -1.49. The van der Waals surface area contributed by atoms with E-state index >= 15 is 0 Å². The first kappa shape index (κ1) is 19.8. The number of benzene rings is 2. The lowest BCUT2D eigenvalue weighted by Gasteiger charge is -2.06. The van der Waals surface area contributed by atoms with Crippen LogP contribution in [0.25, 0.3) is 0 Å². The van der Waals surface area contributed by atoms with Gasteiger partial charge in [-0.05, 0) is 36.4 Å². The first-order chi connectivity index (χ1) is 12.9. The molecule has 0 aliphatic carbocycles. The number of ketones is 1. The molecule has 0 spiro atoms. The first-order valence-electron chi connectivity index (χ1n) is 8.26. The van der Waals surface area contributed by atoms with Gasteiger partial charge in [-0.2, -0.15) is 0 Å². The number of esters is 2. The molecule has 7 nitrogen and oxygen atoms in total. The topological polar surface area (TPSA) is 98.8 Å². The number of carbonyl (C=O) groups is 4. The Bertz CT molecular complexity index is 814. The summed E-state index contributed by atoms with van der Waals surface area (Å²) in [6, 6.07) is 14.8. The van der Waals surface area contributed by atoms with Crippen LogP contribution < -0.4 is 10.1 Å². The van der Waals surface area contributed by atoms with E-state index in [1.54, 1.807) is 24.3 Å². The number of para-hydroxylation sites is 1. The molecule has 1 amide bonds. The molecule has 7 heteroatoms. The van der Waals surface area contributed by atoms with E-state index in [0.29, 0.717) is 17.0 Å². The molecule has 0 saturated heterocycles. The van der Waals surface area contributed by atoms with Crippen molar-refractivity contribution in [2.24, 2.45) is 0 Å². The molecule has 27 heavy (non-hydrogen) atoms. The van der Waals surface area contributed by atoms with E-state index in [1.165, 1.54) is 31.2 Å². The number of Topliss-reactive ketones (excluding diaryl/α,β-unsaturated/α-hetero) is 1. The van der Waals surface area contributed by atoms with Crippen LogP contribution >= 0.6 is 0 Å². The summed E-state index contributed by atoms with van der Waals surface area (Å²) in [6.07, 6.45) is -0.170. The fraction of sp³-hybridized carbons (Fsp3) is 0.200. The summed E-state index contributed by atoms with van der Waals surface area (Å²) in [5, 5.41) is 2.66. The largest absolute Gasteiger partial charge is 0.457 e. The number of hydrogen-bond acceptors (Lipinski definition) is 6. The van der Waals surface area contributed by atoms with E-state index in [2.05, 4.69) is 5.32 Å². The molecule has 0 atom stereocenters. The Balaban J connectivity index is 1.72. The number of amides is 1. The van der Waals surface area contributed by atoms with Crippen molar-refractivity contribution in [1.82, 2.24) is 0 Å². The van der Waals surface area contributed by atoms with Crippen LogP contribution in [0.1, 0.15) is 30.1 Å². The van der Waals surface area contributed by atoms with Gasteiger partial charge < -0.3 is 14.8 Å². The van der Waals surface area contributed by atoms with Crippen molar-refractivity contribution in [1.29, 1.82) is 0 Å². The minimum atomic E-state index is -0.636. The van der Waals surface area contributed by atoms with Gasteiger partial charge in [-0.25, -0.2) is 0 Å². The Hall–Kier alpha value is -3.48. The Morgan fingerprint density at radius 2 is 1.56 bits per heavy atom. The number of rotatable bonds is 8. The highest BCUT2D eigenvalue weighted by atomic mass is 16.5. The molecular formula is C20H19NO6. The van der Waals surface area contributed by atoms with Crippen molar-refractivity contribution in [3.63, 3.8) is 0 Å². The summed E-state index contributed by atoms with van der Waals surface area (Å²) in [7, 11) is 0. The molecule has 0 aromatic heterocycles.